The lowest BCUT2D eigenvalue weighted by molar-refractivity contribution is -0.144. The van der Waals surface area contributed by atoms with Crippen molar-refractivity contribution in [2.24, 2.45) is 17.6 Å². The molecule has 8 N–H and O–H groups in total. The first-order valence-electron chi connectivity index (χ1n) is 10.00. The Morgan fingerprint density at radius 3 is 1.62 bits per heavy atom. The summed E-state index contributed by atoms with van der Waals surface area (Å²) < 4.78 is 0. The van der Waals surface area contributed by atoms with Gasteiger partial charge in [-0.3, -0.25) is 24.0 Å². The number of hydrogen-bond acceptors (Lipinski definition) is 7. The lowest BCUT2D eigenvalue weighted by Crippen LogP contribution is -2.58. The largest absolute Gasteiger partial charge is 0.481 e. The van der Waals surface area contributed by atoms with Gasteiger partial charge in [-0.25, -0.2) is 4.79 Å². The van der Waals surface area contributed by atoms with Gasteiger partial charge in [-0.2, -0.15) is 0 Å². The third-order valence-electron chi connectivity index (χ3n) is 4.54. The van der Waals surface area contributed by atoms with E-state index in [1.807, 2.05) is 0 Å². The van der Waals surface area contributed by atoms with Crippen molar-refractivity contribution in [3.05, 3.63) is 0 Å². The zero-order chi connectivity index (χ0) is 25.2. The molecule has 0 saturated carbocycles. The Labute approximate surface area is 185 Å². The fraction of sp³-hybridized carbons (Fsp3) is 0.684. The van der Waals surface area contributed by atoms with Crippen molar-refractivity contribution in [3.63, 3.8) is 0 Å². The number of aliphatic carboxylic acids is 3. The average molecular weight is 460 g/mol. The van der Waals surface area contributed by atoms with Crippen molar-refractivity contribution in [3.8, 4) is 0 Å². The maximum Gasteiger partial charge on any atom is 0.326 e. The molecule has 0 heterocycles. The molecule has 0 fully saturated rings. The van der Waals surface area contributed by atoms with Crippen LogP contribution in [0.2, 0.25) is 0 Å². The van der Waals surface area contributed by atoms with E-state index in [9.17, 15) is 33.9 Å². The third-order valence-corrected chi connectivity index (χ3v) is 4.54. The standard InChI is InChI=1S/C19H32N4O9/c1-8(2)14(20)18(30)21-10(5-6-12(24)25)16(28)22-11(7-13(26)27)17(29)23-15(9(3)4)19(31)32/h8-11,14-15H,5-7,20H2,1-4H3,(H,21,30)(H,22,28)(H,23,29)(H,24,25)(H,26,27)(H,31,32). The van der Waals surface area contributed by atoms with Gasteiger partial charge in [0.25, 0.3) is 0 Å². The Balaban J connectivity index is 5.59. The Morgan fingerprint density at radius 2 is 1.22 bits per heavy atom. The zero-order valence-electron chi connectivity index (χ0n) is 18.5. The molecule has 182 valence electrons. The van der Waals surface area contributed by atoms with Gasteiger partial charge in [-0.1, -0.05) is 27.7 Å². The van der Waals surface area contributed by atoms with Crippen LogP contribution in [-0.2, 0) is 28.8 Å². The third kappa shape index (κ3) is 10.2. The second-order valence-corrected chi connectivity index (χ2v) is 7.99. The quantitative estimate of drug-likeness (QED) is 0.159. The second kappa shape index (κ2) is 13.2. The number of carbonyl (C=O) groups excluding carboxylic acids is 3. The minimum atomic E-state index is -1.66. The molecule has 0 rings (SSSR count). The van der Waals surface area contributed by atoms with E-state index in [0.717, 1.165) is 0 Å². The van der Waals surface area contributed by atoms with E-state index in [0.29, 0.717) is 0 Å². The molecule has 4 atom stereocenters. The molecule has 0 aliphatic carbocycles. The monoisotopic (exact) mass is 460 g/mol. The van der Waals surface area contributed by atoms with Crippen molar-refractivity contribution in [1.82, 2.24) is 16.0 Å². The topological polar surface area (TPSA) is 225 Å². The summed E-state index contributed by atoms with van der Waals surface area (Å²) in [6.45, 7) is 6.38. The number of nitrogens with two attached hydrogens (primary N) is 1. The number of rotatable bonds is 14. The SMILES string of the molecule is CC(C)C(N)C(=O)NC(CCC(=O)O)C(=O)NC(CC(=O)O)C(=O)NC(C(=O)O)C(C)C. The number of carboxylic acids is 3. The van der Waals surface area contributed by atoms with E-state index in [4.69, 9.17) is 15.9 Å². The Kier molecular flexibility index (Phi) is 11.9. The van der Waals surface area contributed by atoms with Gasteiger partial charge in [0, 0.05) is 6.42 Å². The van der Waals surface area contributed by atoms with Crippen molar-refractivity contribution in [2.45, 2.75) is 71.1 Å². The van der Waals surface area contributed by atoms with Gasteiger partial charge in [-0.15, -0.1) is 0 Å². The molecule has 0 aromatic heterocycles. The van der Waals surface area contributed by atoms with Crippen LogP contribution in [0.5, 0.6) is 0 Å². The summed E-state index contributed by atoms with van der Waals surface area (Å²) in [5.74, 6) is -7.64. The molecule has 13 heteroatoms. The molecule has 4 unspecified atom stereocenters. The summed E-state index contributed by atoms with van der Waals surface area (Å²) in [6, 6.07) is -5.39. The van der Waals surface area contributed by atoms with E-state index in [2.05, 4.69) is 16.0 Å². The molecular weight excluding hydrogens is 428 g/mol. The summed E-state index contributed by atoms with van der Waals surface area (Å²) in [6.07, 6.45) is -1.71. The van der Waals surface area contributed by atoms with Crippen molar-refractivity contribution in [1.29, 1.82) is 0 Å². The number of amides is 3. The molecular formula is C19H32N4O9. The highest BCUT2D eigenvalue weighted by atomic mass is 16.4. The van der Waals surface area contributed by atoms with Crippen LogP contribution >= 0.6 is 0 Å². The van der Waals surface area contributed by atoms with Crippen LogP contribution < -0.4 is 21.7 Å². The van der Waals surface area contributed by atoms with E-state index >= 15 is 0 Å². The molecule has 13 nitrogen and oxygen atoms in total. The number of hydrogen-bond donors (Lipinski definition) is 7. The number of carbonyl (C=O) groups is 6. The highest BCUT2D eigenvalue weighted by Crippen LogP contribution is 2.06. The fourth-order valence-electron chi connectivity index (χ4n) is 2.53. The van der Waals surface area contributed by atoms with E-state index in [-0.39, 0.29) is 12.3 Å². The van der Waals surface area contributed by atoms with Gasteiger partial charge in [0.1, 0.15) is 18.1 Å². The molecule has 0 bridgehead atoms. The van der Waals surface area contributed by atoms with Crippen LogP contribution in [0.4, 0.5) is 0 Å². The van der Waals surface area contributed by atoms with E-state index in [1.54, 1.807) is 13.8 Å². The normalized spacial score (nSPS) is 14.7. The summed E-state index contributed by atoms with van der Waals surface area (Å²) in [4.78, 5) is 70.8. The first-order valence-corrected chi connectivity index (χ1v) is 10.00. The molecule has 0 saturated heterocycles. The molecule has 0 radical (unpaired) electrons. The Bertz CT molecular complexity index is 724. The zero-order valence-corrected chi connectivity index (χ0v) is 18.5. The van der Waals surface area contributed by atoms with E-state index in [1.165, 1.54) is 13.8 Å². The molecule has 3 amide bonds. The van der Waals surface area contributed by atoms with Crippen molar-refractivity contribution in [2.75, 3.05) is 0 Å². The van der Waals surface area contributed by atoms with Gasteiger partial charge < -0.3 is 37.0 Å². The number of carboxylic acid groups (broad SMARTS) is 3. The predicted octanol–water partition coefficient (Wildman–Crippen LogP) is -1.50. The Morgan fingerprint density at radius 1 is 0.719 bits per heavy atom. The minimum absolute atomic E-state index is 0.285. The van der Waals surface area contributed by atoms with Gasteiger partial charge in [-0.05, 0) is 18.3 Å². The minimum Gasteiger partial charge on any atom is -0.481 e. The van der Waals surface area contributed by atoms with Crippen LogP contribution in [0.15, 0.2) is 0 Å². The smallest absolute Gasteiger partial charge is 0.326 e. The number of nitrogens with one attached hydrogen (secondary N) is 3. The first-order chi connectivity index (χ1) is 14.7. The van der Waals surface area contributed by atoms with Gasteiger partial charge in [0.05, 0.1) is 12.5 Å². The average Bonchev–Trinajstić information content (AvgIpc) is 2.66. The molecule has 0 aromatic rings. The van der Waals surface area contributed by atoms with Gasteiger partial charge >= 0.3 is 17.9 Å². The molecule has 0 aromatic carbocycles. The lowest BCUT2D eigenvalue weighted by atomic mass is 10.0. The summed E-state index contributed by atoms with van der Waals surface area (Å²) in [5, 5.41) is 33.8. The molecule has 0 aliphatic heterocycles. The maximum atomic E-state index is 12.7. The summed E-state index contributed by atoms with van der Waals surface area (Å²) in [5.41, 5.74) is 5.73. The van der Waals surface area contributed by atoms with Crippen LogP contribution in [0.25, 0.3) is 0 Å². The first kappa shape index (κ1) is 28.8. The van der Waals surface area contributed by atoms with Gasteiger partial charge in [0.15, 0.2) is 0 Å². The highest BCUT2D eigenvalue weighted by Gasteiger charge is 2.32. The summed E-state index contributed by atoms with van der Waals surface area (Å²) >= 11 is 0. The summed E-state index contributed by atoms with van der Waals surface area (Å²) in [7, 11) is 0. The lowest BCUT2D eigenvalue weighted by Gasteiger charge is -2.25. The Hall–Kier alpha value is -3.22. The maximum absolute atomic E-state index is 12.7. The van der Waals surface area contributed by atoms with Crippen LogP contribution in [-0.4, -0.2) is 75.1 Å². The molecule has 0 spiro atoms. The van der Waals surface area contributed by atoms with E-state index < -0.39 is 78.6 Å². The molecule has 0 aliphatic rings. The van der Waals surface area contributed by atoms with Gasteiger partial charge in [0.2, 0.25) is 17.7 Å². The second-order valence-electron chi connectivity index (χ2n) is 7.99. The fourth-order valence-corrected chi connectivity index (χ4v) is 2.53. The molecule has 32 heavy (non-hydrogen) atoms. The van der Waals surface area contributed by atoms with Crippen molar-refractivity contribution < 1.29 is 44.1 Å². The predicted molar refractivity (Wildman–Crippen MR) is 110 cm³/mol. The van der Waals surface area contributed by atoms with Crippen molar-refractivity contribution >= 4 is 35.6 Å². The highest BCUT2D eigenvalue weighted by molar-refractivity contribution is 5.95. The van der Waals surface area contributed by atoms with Crippen LogP contribution in [0.1, 0.15) is 47.0 Å². The van der Waals surface area contributed by atoms with Crippen LogP contribution in [0, 0.1) is 11.8 Å². The van der Waals surface area contributed by atoms with Crippen LogP contribution in [0.3, 0.4) is 0 Å².